The zero-order valence-electron chi connectivity index (χ0n) is 9.51. The summed E-state index contributed by atoms with van der Waals surface area (Å²) < 4.78 is 12.9. The van der Waals surface area contributed by atoms with Crippen LogP contribution in [0.2, 0.25) is 5.02 Å². The molecule has 0 saturated heterocycles. The molecule has 1 aromatic rings. The van der Waals surface area contributed by atoms with Gasteiger partial charge >= 0.3 is 0 Å². The van der Waals surface area contributed by atoms with Crippen LogP contribution in [0.25, 0.3) is 0 Å². The van der Waals surface area contributed by atoms with Crippen LogP contribution in [-0.4, -0.2) is 12.5 Å². The molecular formula is C12H16ClFN2O. The summed E-state index contributed by atoms with van der Waals surface area (Å²) in [4.78, 5) is 11.5. The summed E-state index contributed by atoms with van der Waals surface area (Å²) in [6, 6.07) is 4.11. The quantitative estimate of drug-likeness (QED) is 0.771. The van der Waals surface area contributed by atoms with Crippen molar-refractivity contribution >= 4 is 23.2 Å². The van der Waals surface area contributed by atoms with E-state index in [1.165, 1.54) is 18.2 Å². The number of anilines is 1. The van der Waals surface area contributed by atoms with Crippen molar-refractivity contribution in [1.29, 1.82) is 0 Å². The number of rotatable bonds is 6. The van der Waals surface area contributed by atoms with Crippen molar-refractivity contribution in [3.63, 3.8) is 0 Å². The highest BCUT2D eigenvalue weighted by Gasteiger charge is 2.04. The number of nitrogens with two attached hydrogens (primary N) is 1. The zero-order valence-corrected chi connectivity index (χ0v) is 10.3. The minimum atomic E-state index is -0.493. The molecule has 0 fully saturated rings. The van der Waals surface area contributed by atoms with E-state index in [-0.39, 0.29) is 10.9 Å². The Labute approximate surface area is 105 Å². The van der Waals surface area contributed by atoms with Gasteiger partial charge in [-0.1, -0.05) is 18.0 Å². The third-order valence-corrected chi connectivity index (χ3v) is 2.60. The standard InChI is InChI=1S/C12H16ClFN2O/c13-10-8-9(5-6-11(10)14)16-12(17)4-2-1-3-7-15/h5-6,8H,1-4,7,15H2,(H,16,17). The molecule has 1 amide bonds. The Bertz CT molecular complexity index is 385. The molecule has 17 heavy (non-hydrogen) atoms. The summed E-state index contributed by atoms with van der Waals surface area (Å²) in [6.07, 6.45) is 3.11. The van der Waals surface area contributed by atoms with Crippen LogP contribution in [0.4, 0.5) is 10.1 Å². The Balaban J connectivity index is 2.37. The molecule has 0 aliphatic rings. The van der Waals surface area contributed by atoms with E-state index in [2.05, 4.69) is 5.32 Å². The van der Waals surface area contributed by atoms with Gasteiger partial charge in [0, 0.05) is 12.1 Å². The molecule has 0 heterocycles. The lowest BCUT2D eigenvalue weighted by molar-refractivity contribution is -0.116. The Morgan fingerprint density at radius 2 is 2.12 bits per heavy atom. The molecule has 5 heteroatoms. The minimum Gasteiger partial charge on any atom is -0.330 e. The fourth-order valence-corrected chi connectivity index (χ4v) is 1.58. The van der Waals surface area contributed by atoms with Gasteiger partial charge in [0.15, 0.2) is 0 Å². The van der Waals surface area contributed by atoms with Crippen LogP contribution >= 0.6 is 11.6 Å². The molecule has 0 atom stereocenters. The van der Waals surface area contributed by atoms with Crippen LogP contribution in [0.3, 0.4) is 0 Å². The molecule has 0 unspecified atom stereocenters. The number of carbonyl (C=O) groups excluding carboxylic acids is 1. The second kappa shape index (κ2) is 7.25. The molecule has 1 rings (SSSR count). The van der Waals surface area contributed by atoms with E-state index in [1.54, 1.807) is 0 Å². The smallest absolute Gasteiger partial charge is 0.224 e. The molecule has 0 bridgehead atoms. The van der Waals surface area contributed by atoms with Crippen molar-refractivity contribution in [2.24, 2.45) is 5.73 Å². The molecule has 0 radical (unpaired) electrons. The number of nitrogens with one attached hydrogen (secondary N) is 1. The van der Waals surface area contributed by atoms with Gasteiger partial charge in [0.2, 0.25) is 5.91 Å². The second-order valence-electron chi connectivity index (χ2n) is 3.78. The van der Waals surface area contributed by atoms with Crippen molar-refractivity contribution in [1.82, 2.24) is 0 Å². The molecule has 3 N–H and O–H groups in total. The largest absolute Gasteiger partial charge is 0.330 e. The number of unbranched alkanes of at least 4 members (excludes halogenated alkanes) is 2. The van der Waals surface area contributed by atoms with E-state index in [0.29, 0.717) is 18.7 Å². The lowest BCUT2D eigenvalue weighted by Crippen LogP contribution is -2.11. The van der Waals surface area contributed by atoms with Crippen LogP contribution in [-0.2, 0) is 4.79 Å². The Morgan fingerprint density at radius 1 is 1.35 bits per heavy atom. The van der Waals surface area contributed by atoms with Crippen molar-refractivity contribution in [3.8, 4) is 0 Å². The third-order valence-electron chi connectivity index (χ3n) is 2.31. The summed E-state index contributed by atoms with van der Waals surface area (Å²) in [7, 11) is 0. The van der Waals surface area contributed by atoms with Crippen molar-refractivity contribution in [2.45, 2.75) is 25.7 Å². The summed E-state index contributed by atoms with van der Waals surface area (Å²) in [5.74, 6) is -0.586. The zero-order chi connectivity index (χ0) is 12.7. The summed E-state index contributed by atoms with van der Waals surface area (Å²) in [5.41, 5.74) is 5.86. The number of amides is 1. The van der Waals surface area contributed by atoms with Crippen LogP contribution in [0.5, 0.6) is 0 Å². The molecule has 0 spiro atoms. The first-order chi connectivity index (χ1) is 8.13. The van der Waals surface area contributed by atoms with Crippen LogP contribution < -0.4 is 11.1 Å². The van der Waals surface area contributed by atoms with Gasteiger partial charge in [-0.15, -0.1) is 0 Å². The van der Waals surface area contributed by atoms with Crippen LogP contribution in [0, 0.1) is 5.82 Å². The number of hydrogen-bond acceptors (Lipinski definition) is 2. The van der Waals surface area contributed by atoms with Gasteiger partial charge in [-0.2, -0.15) is 0 Å². The highest BCUT2D eigenvalue weighted by Crippen LogP contribution is 2.19. The normalized spacial score (nSPS) is 10.3. The highest BCUT2D eigenvalue weighted by atomic mass is 35.5. The molecule has 3 nitrogen and oxygen atoms in total. The van der Waals surface area contributed by atoms with E-state index in [4.69, 9.17) is 17.3 Å². The van der Waals surface area contributed by atoms with E-state index in [1.807, 2.05) is 0 Å². The van der Waals surface area contributed by atoms with Gasteiger partial charge in [-0.25, -0.2) is 4.39 Å². The Kier molecular flexibility index (Phi) is 5.94. The van der Waals surface area contributed by atoms with Crippen LogP contribution in [0.15, 0.2) is 18.2 Å². The van der Waals surface area contributed by atoms with Gasteiger partial charge in [0.1, 0.15) is 5.82 Å². The average Bonchev–Trinajstić information content (AvgIpc) is 2.30. The predicted octanol–water partition coefficient (Wildman–Crippen LogP) is 2.94. The maximum Gasteiger partial charge on any atom is 0.224 e. The number of halogens is 2. The van der Waals surface area contributed by atoms with Crippen molar-refractivity contribution < 1.29 is 9.18 Å². The lowest BCUT2D eigenvalue weighted by Gasteiger charge is -2.05. The SMILES string of the molecule is NCCCCCC(=O)Nc1ccc(F)c(Cl)c1. The van der Waals surface area contributed by atoms with E-state index < -0.39 is 5.82 Å². The molecule has 0 saturated carbocycles. The van der Waals surface area contributed by atoms with E-state index in [9.17, 15) is 9.18 Å². The van der Waals surface area contributed by atoms with Gasteiger partial charge in [0.05, 0.1) is 5.02 Å². The van der Waals surface area contributed by atoms with Gasteiger partial charge in [-0.05, 0) is 37.6 Å². The Morgan fingerprint density at radius 3 is 2.76 bits per heavy atom. The van der Waals surface area contributed by atoms with Gasteiger partial charge in [-0.3, -0.25) is 4.79 Å². The Hall–Kier alpha value is -1.13. The molecule has 0 aromatic heterocycles. The third kappa shape index (κ3) is 5.15. The van der Waals surface area contributed by atoms with Crippen LogP contribution in [0.1, 0.15) is 25.7 Å². The molecule has 0 aliphatic carbocycles. The monoisotopic (exact) mass is 258 g/mol. The predicted molar refractivity (Wildman–Crippen MR) is 67.6 cm³/mol. The number of benzene rings is 1. The molecule has 94 valence electrons. The van der Waals surface area contributed by atoms with E-state index >= 15 is 0 Å². The number of carbonyl (C=O) groups is 1. The maximum atomic E-state index is 12.9. The van der Waals surface area contributed by atoms with E-state index in [0.717, 1.165) is 19.3 Å². The summed E-state index contributed by atoms with van der Waals surface area (Å²) in [6.45, 7) is 0.648. The first kappa shape index (κ1) is 13.9. The first-order valence-corrected chi connectivity index (χ1v) is 5.96. The average molecular weight is 259 g/mol. The topological polar surface area (TPSA) is 55.1 Å². The molecule has 1 aromatic carbocycles. The van der Waals surface area contributed by atoms with Gasteiger partial charge < -0.3 is 11.1 Å². The lowest BCUT2D eigenvalue weighted by atomic mass is 10.2. The molecule has 0 aliphatic heterocycles. The maximum absolute atomic E-state index is 12.9. The summed E-state index contributed by atoms with van der Waals surface area (Å²) >= 11 is 5.60. The minimum absolute atomic E-state index is 0.00549. The fraction of sp³-hybridized carbons (Fsp3) is 0.417. The second-order valence-corrected chi connectivity index (χ2v) is 4.18. The van der Waals surface area contributed by atoms with Crippen molar-refractivity contribution in [2.75, 3.05) is 11.9 Å². The highest BCUT2D eigenvalue weighted by molar-refractivity contribution is 6.31. The molecular weight excluding hydrogens is 243 g/mol. The number of hydrogen-bond donors (Lipinski definition) is 2. The first-order valence-electron chi connectivity index (χ1n) is 5.58. The fourth-order valence-electron chi connectivity index (χ4n) is 1.40. The van der Waals surface area contributed by atoms with Crippen molar-refractivity contribution in [3.05, 3.63) is 29.0 Å². The summed E-state index contributed by atoms with van der Waals surface area (Å²) in [5, 5.41) is 2.67. The van der Waals surface area contributed by atoms with Gasteiger partial charge in [0.25, 0.3) is 0 Å².